The van der Waals surface area contributed by atoms with Crippen molar-refractivity contribution in [2.45, 2.75) is 26.7 Å². The van der Waals surface area contributed by atoms with Crippen LogP contribution in [0.25, 0.3) is 5.69 Å². The molecule has 150 valence electrons. The number of aromatic nitrogens is 2. The number of aryl methyl sites for hydroxylation is 2. The van der Waals surface area contributed by atoms with Crippen LogP contribution in [-0.4, -0.2) is 22.2 Å². The predicted octanol–water partition coefficient (Wildman–Crippen LogP) is 4.66. The molecule has 0 radical (unpaired) electrons. The van der Waals surface area contributed by atoms with Gasteiger partial charge in [-0.2, -0.15) is 5.10 Å². The third-order valence-electron chi connectivity index (χ3n) is 4.49. The summed E-state index contributed by atoms with van der Waals surface area (Å²) in [5, 5.41) is 7.36. The number of carbonyl (C=O) groups excluding carboxylic acids is 1. The third kappa shape index (κ3) is 5.10. The summed E-state index contributed by atoms with van der Waals surface area (Å²) in [6.07, 6.45) is 2.41. The van der Waals surface area contributed by atoms with E-state index in [9.17, 15) is 9.18 Å². The zero-order chi connectivity index (χ0) is 20.8. The number of halogens is 1. The molecule has 0 saturated carbocycles. The molecule has 2 aromatic carbocycles. The molecular formula is C23H24FN3O2. The highest BCUT2D eigenvalue weighted by atomic mass is 19.1. The second-order valence-electron chi connectivity index (χ2n) is 6.77. The summed E-state index contributed by atoms with van der Waals surface area (Å²) in [6.45, 7) is 7.91. The van der Waals surface area contributed by atoms with Gasteiger partial charge >= 0.3 is 0 Å². The molecule has 0 fully saturated rings. The molecule has 0 aliphatic rings. The molecule has 1 N–H and O–H groups in total. The summed E-state index contributed by atoms with van der Waals surface area (Å²) in [6, 6.07) is 13.7. The van der Waals surface area contributed by atoms with Crippen LogP contribution in [0.3, 0.4) is 0 Å². The van der Waals surface area contributed by atoms with Gasteiger partial charge in [0.15, 0.2) is 0 Å². The van der Waals surface area contributed by atoms with Gasteiger partial charge in [-0.05, 0) is 56.7 Å². The first-order valence-corrected chi connectivity index (χ1v) is 9.44. The molecule has 1 heterocycles. The van der Waals surface area contributed by atoms with E-state index in [2.05, 4.69) is 17.0 Å². The van der Waals surface area contributed by atoms with E-state index in [1.54, 1.807) is 22.9 Å². The monoisotopic (exact) mass is 393 g/mol. The minimum Gasteiger partial charge on any atom is -0.439 e. The summed E-state index contributed by atoms with van der Waals surface area (Å²) >= 11 is 0. The van der Waals surface area contributed by atoms with E-state index in [1.807, 2.05) is 38.1 Å². The van der Waals surface area contributed by atoms with Crippen molar-refractivity contribution in [3.8, 4) is 17.3 Å². The average Bonchev–Trinajstić information content (AvgIpc) is 3.02. The minimum absolute atomic E-state index is 0.0693. The number of nitrogens with one attached hydrogen (secondary N) is 1. The van der Waals surface area contributed by atoms with Crippen LogP contribution in [0.5, 0.6) is 11.6 Å². The first-order valence-electron chi connectivity index (χ1n) is 9.44. The second kappa shape index (κ2) is 9.19. The Kier molecular flexibility index (Phi) is 6.44. The molecule has 5 nitrogen and oxygen atoms in total. The fourth-order valence-corrected chi connectivity index (χ4v) is 2.92. The van der Waals surface area contributed by atoms with Crippen molar-refractivity contribution < 1.29 is 13.9 Å². The molecular weight excluding hydrogens is 369 g/mol. The van der Waals surface area contributed by atoms with Crippen molar-refractivity contribution in [2.24, 2.45) is 0 Å². The Labute approximate surface area is 169 Å². The molecule has 1 amide bonds. The molecule has 29 heavy (non-hydrogen) atoms. The Balaban J connectivity index is 1.95. The van der Waals surface area contributed by atoms with Gasteiger partial charge in [-0.15, -0.1) is 6.58 Å². The Morgan fingerprint density at radius 2 is 1.86 bits per heavy atom. The molecule has 6 heteroatoms. The van der Waals surface area contributed by atoms with Crippen molar-refractivity contribution in [2.75, 3.05) is 6.54 Å². The smallest absolute Gasteiger partial charge is 0.226 e. The van der Waals surface area contributed by atoms with Crippen LogP contribution in [0.4, 0.5) is 4.39 Å². The average molecular weight is 393 g/mol. The Morgan fingerprint density at radius 1 is 1.17 bits per heavy atom. The lowest BCUT2D eigenvalue weighted by molar-refractivity contribution is -0.120. The first-order chi connectivity index (χ1) is 14.0. The van der Waals surface area contributed by atoms with Crippen molar-refractivity contribution in [3.05, 3.63) is 83.8 Å². The molecule has 0 atom stereocenters. The molecule has 0 saturated heterocycles. The van der Waals surface area contributed by atoms with Gasteiger partial charge < -0.3 is 10.1 Å². The number of benzene rings is 2. The maximum absolute atomic E-state index is 13.4. The van der Waals surface area contributed by atoms with E-state index in [0.29, 0.717) is 36.7 Å². The van der Waals surface area contributed by atoms with Gasteiger partial charge in [0, 0.05) is 18.5 Å². The number of hydrogen-bond donors (Lipinski definition) is 1. The molecule has 3 rings (SSSR count). The highest BCUT2D eigenvalue weighted by Crippen LogP contribution is 2.31. The van der Waals surface area contributed by atoms with Crippen LogP contribution < -0.4 is 10.1 Å². The molecule has 0 spiro atoms. The zero-order valence-corrected chi connectivity index (χ0v) is 16.6. The van der Waals surface area contributed by atoms with Crippen LogP contribution in [0.1, 0.15) is 23.2 Å². The zero-order valence-electron chi connectivity index (χ0n) is 16.6. The Hall–Kier alpha value is -3.41. The third-order valence-corrected chi connectivity index (χ3v) is 4.49. The maximum atomic E-state index is 13.4. The van der Waals surface area contributed by atoms with Crippen molar-refractivity contribution in [1.29, 1.82) is 0 Å². The van der Waals surface area contributed by atoms with Crippen LogP contribution in [0.2, 0.25) is 0 Å². The van der Waals surface area contributed by atoms with E-state index in [1.165, 1.54) is 12.1 Å². The van der Waals surface area contributed by atoms with Gasteiger partial charge in [-0.25, -0.2) is 9.07 Å². The van der Waals surface area contributed by atoms with Crippen molar-refractivity contribution >= 4 is 5.91 Å². The van der Waals surface area contributed by atoms with E-state index in [0.717, 1.165) is 16.8 Å². The highest BCUT2D eigenvalue weighted by Gasteiger charge is 2.20. The summed E-state index contributed by atoms with van der Waals surface area (Å²) in [5.74, 6) is 0.795. The predicted molar refractivity (Wildman–Crippen MR) is 111 cm³/mol. The van der Waals surface area contributed by atoms with Gasteiger partial charge in [0.2, 0.25) is 11.8 Å². The Bertz CT molecular complexity index is 992. The molecule has 0 aliphatic heterocycles. The standard InChI is InChI=1S/C23H24FN3O2/c1-4-15-25-22(28)14-13-21-17(3)26-27(19-9-7-18(24)8-10-19)23(21)29-20-11-5-16(2)6-12-20/h4-12H,1,13-15H2,2-3H3,(H,25,28). The summed E-state index contributed by atoms with van der Waals surface area (Å²) in [5.41, 5.74) is 3.40. The number of nitrogens with zero attached hydrogens (tertiary/aromatic N) is 2. The maximum Gasteiger partial charge on any atom is 0.226 e. The van der Waals surface area contributed by atoms with Crippen LogP contribution in [0.15, 0.2) is 61.2 Å². The lowest BCUT2D eigenvalue weighted by atomic mass is 10.1. The highest BCUT2D eigenvalue weighted by molar-refractivity contribution is 5.76. The molecule has 0 unspecified atom stereocenters. The van der Waals surface area contributed by atoms with E-state index < -0.39 is 0 Å². The van der Waals surface area contributed by atoms with Gasteiger partial charge in [-0.3, -0.25) is 4.79 Å². The van der Waals surface area contributed by atoms with Crippen LogP contribution >= 0.6 is 0 Å². The molecule has 0 aliphatic carbocycles. The minimum atomic E-state index is -0.322. The lowest BCUT2D eigenvalue weighted by Gasteiger charge is -2.12. The Morgan fingerprint density at radius 3 is 2.52 bits per heavy atom. The molecule has 1 aromatic heterocycles. The SMILES string of the molecule is C=CCNC(=O)CCc1c(C)nn(-c2ccc(F)cc2)c1Oc1ccc(C)cc1. The van der Waals surface area contributed by atoms with Gasteiger partial charge in [0.1, 0.15) is 11.6 Å². The quantitative estimate of drug-likeness (QED) is 0.567. The second-order valence-corrected chi connectivity index (χ2v) is 6.77. The first kappa shape index (κ1) is 20.3. The number of ether oxygens (including phenoxy) is 1. The van der Waals surface area contributed by atoms with E-state index >= 15 is 0 Å². The van der Waals surface area contributed by atoms with Gasteiger partial charge in [0.05, 0.1) is 11.4 Å². The fourth-order valence-electron chi connectivity index (χ4n) is 2.92. The number of amides is 1. The summed E-state index contributed by atoms with van der Waals surface area (Å²) < 4.78 is 21.2. The van der Waals surface area contributed by atoms with Gasteiger partial charge in [-0.1, -0.05) is 23.8 Å². The molecule has 3 aromatic rings. The number of carbonyl (C=O) groups is 1. The fraction of sp³-hybridized carbons (Fsp3) is 0.217. The van der Waals surface area contributed by atoms with Crippen LogP contribution in [0, 0.1) is 19.7 Å². The lowest BCUT2D eigenvalue weighted by Crippen LogP contribution is -2.23. The van der Waals surface area contributed by atoms with E-state index in [-0.39, 0.29) is 11.7 Å². The number of rotatable bonds is 8. The summed E-state index contributed by atoms with van der Waals surface area (Å²) in [4.78, 5) is 12.0. The largest absolute Gasteiger partial charge is 0.439 e. The van der Waals surface area contributed by atoms with Crippen molar-refractivity contribution in [3.63, 3.8) is 0 Å². The van der Waals surface area contributed by atoms with Gasteiger partial charge in [0.25, 0.3) is 0 Å². The van der Waals surface area contributed by atoms with Crippen LogP contribution in [-0.2, 0) is 11.2 Å². The summed E-state index contributed by atoms with van der Waals surface area (Å²) in [7, 11) is 0. The molecule has 0 bridgehead atoms. The normalized spacial score (nSPS) is 10.6. The van der Waals surface area contributed by atoms with Crippen molar-refractivity contribution in [1.82, 2.24) is 15.1 Å². The number of hydrogen-bond acceptors (Lipinski definition) is 3. The van der Waals surface area contributed by atoms with E-state index in [4.69, 9.17) is 4.74 Å². The topological polar surface area (TPSA) is 56.2 Å².